The van der Waals surface area contributed by atoms with Crippen LogP contribution in [0.3, 0.4) is 0 Å². The van der Waals surface area contributed by atoms with Crippen molar-refractivity contribution in [3.05, 3.63) is 17.7 Å². The number of hydrogen-bond donors (Lipinski definition) is 6. The normalized spacial score (nSPS) is 15.7. The number of phenolic OH excluding ortho intramolecular Hbond substituents is 3. The first-order valence-electron chi connectivity index (χ1n) is 5.76. The third-order valence-electron chi connectivity index (χ3n) is 3.56. The van der Waals surface area contributed by atoms with Crippen LogP contribution in [0.15, 0.2) is 12.1 Å². The summed E-state index contributed by atoms with van der Waals surface area (Å²) in [6.45, 7) is 3.20. The van der Waals surface area contributed by atoms with Crippen LogP contribution in [0.2, 0.25) is 0 Å². The Kier molecular flexibility index (Phi) is 4.23. The molecule has 1 aromatic carbocycles. The number of aliphatic carboxylic acids is 1. The van der Waals surface area contributed by atoms with E-state index in [1.54, 1.807) is 13.8 Å². The van der Waals surface area contributed by atoms with Gasteiger partial charge in [0, 0.05) is 11.5 Å². The first kappa shape index (κ1) is 15.1. The Morgan fingerprint density at radius 1 is 1.37 bits per heavy atom. The molecule has 0 amide bonds. The van der Waals surface area contributed by atoms with Crippen LogP contribution >= 0.6 is 0 Å². The van der Waals surface area contributed by atoms with Crippen LogP contribution in [0.5, 0.6) is 17.2 Å². The standard InChI is InChI=1S/C12H18N2O5/c1-3-12(14-13,11(18)19)6(2)7-4-5-8(15)10(17)9(7)16/h4-6,14-17H,3,13H2,1-2H3,(H,18,19). The van der Waals surface area contributed by atoms with Crippen molar-refractivity contribution in [2.45, 2.75) is 31.7 Å². The molecule has 0 heterocycles. The molecule has 2 unspecified atom stereocenters. The van der Waals surface area contributed by atoms with E-state index in [1.165, 1.54) is 12.1 Å². The first-order chi connectivity index (χ1) is 8.81. The number of benzene rings is 1. The summed E-state index contributed by atoms with van der Waals surface area (Å²) in [5.41, 5.74) is 0.962. The molecule has 0 bridgehead atoms. The van der Waals surface area contributed by atoms with Gasteiger partial charge in [0.2, 0.25) is 5.75 Å². The van der Waals surface area contributed by atoms with E-state index in [2.05, 4.69) is 5.43 Å². The Hall–Kier alpha value is -1.99. The molecule has 2 atom stereocenters. The number of phenols is 3. The van der Waals surface area contributed by atoms with E-state index in [1.807, 2.05) is 0 Å². The maximum Gasteiger partial charge on any atom is 0.325 e. The number of carbonyl (C=O) groups is 1. The number of hydrazine groups is 1. The predicted octanol–water partition coefficient (Wildman–Crippen LogP) is 0.604. The summed E-state index contributed by atoms with van der Waals surface area (Å²) in [6, 6.07) is 2.53. The van der Waals surface area contributed by atoms with Crippen LogP contribution < -0.4 is 11.3 Å². The van der Waals surface area contributed by atoms with Crippen molar-refractivity contribution >= 4 is 5.97 Å². The molecule has 0 saturated heterocycles. The molecule has 19 heavy (non-hydrogen) atoms. The van der Waals surface area contributed by atoms with Gasteiger partial charge in [0.25, 0.3) is 0 Å². The SMILES string of the molecule is CCC(NN)(C(=O)O)C(C)c1ccc(O)c(O)c1O. The second-order valence-electron chi connectivity index (χ2n) is 4.37. The van der Waals surface area contributed by atoms with Gasteiger partial charge in [-0.3, -0.25) is 10.6 Å². The van der Waals surface area contributed by atoms with Gasteiger partial charge in [-0.25, -0.2) is 5.43 Å². The van der Waals surface area contributed by atoms with Crippen molar-refractivity contribution < 1.29 is 25.2 Å². The van der Waals surface area contributed by atoms with Gasteiger partial charge in [-0.15, -0.1) is 0 Å². The van der Waals surface area contributed by atoms with Gasteiger partial charge in [0.1, 0.15) is 5.54 Å². The van der Waals surface area contributed by atoms with Gasteiger partial charge >= 0.3 is 5.97 Å². The fourth-order valence-corrected chi connectivity index (χ4v) is 2.13. The summed E-state index contributed by atoms with van der Waals surface area (Å²) in [7, 11) is 0. The molecule has 106 valence electrons. The summed E-state index contributed by atoms with van der Waals surface area (Å²) in [5, 5.41) is 37.9. The minimum atomic E-state index is -1.49. The lowest BCUT2D eigenvalue weighted by Gasteiger charge is -2.34. The molecule has 0 aliphatic rings. The van der Waals surface area contributed by atoms with E-state index in [9.17, 15) is 25.2 Å². The molecule has 7 N–H and O–H groups in total. The molecular formula is C12H18N2O5. The number of rotatable bonds is 5. The molecule has 0 saturated carbocycles. The third-order valence-corrected chi connectivity index (χ3v) is 3.56. The van der Waals surface area contributed by atoms with Crippen molar-refractivity contribution in [3.63, 3.8) is 0 Å². The average molecular weight is 270 g/mol. The lowest BCUT2D eigenvalue weighted by Crippen LogP contribution is -2.58. The molecule has 0 spiro atoms. The van der Waals surface area contributed by atoms with Crippen LogP contribution in [0.1, 0.15) is 31.7 Å². The Morgan fingerprint density at radius 3 is 2.37 bits per heavy atom. The van der Waals surface area contributed by atoms with Gasteiger partial charge in [0.15, 0.2) is 11.5 Å². The van der Waals surface area contributed by atoms with Gasteiger partial charge in [-0.2, -0.15) is 0 Å². The fraction of sp³-hybridized carbons (Fsp3) is 0.417. The molecule has 0 aromatic heterocycles. The highest BCUT2D eigenvalue weighted by atomic mass is 16.4. The second-order valence-corrected chi connectivity index (χ2v) is 4.37. The summed E-state index contributed by atoms with van der Waals surface area (Å²) in [6.07, 6.45) is 0.168. The average Bonchev–Trinajstić information content (AvgIpc) is 2.37. The van der Waals surface area contributed by atoms with E-state index < -0.39 is 34.7 Å². The van der Waals surface area contributed by atoms with Gasteiger partial charge in [-0.1, -0.05) is 19.9 Å². The lowest BCUT2D eigenvalue weighted by molar-refractivity contribution is -0.146. The minimum Gasteiger partial charge on any atom is -0.504 e. The third kappa shape index (κ3) is 2.29. The van der Waals surface area contributed by atoms with Crippen LogP contribution in [-0.2, 0) is 4.79 Å². The molecule has 0 aliphatic carbocycles. The Morgan fingerprint density at radius 2 is 1.95 bits per heavy atom. The highest BCUT2D eigenvalue weighted by Gasteiger charge is 2.43. The summed E-state index contributed by atoms with van der Waals surface area (Å²) in [4.78, 5) is 11.4. The summed E-state index contributed by atoms with van der Waals surface area (Å²) < 4.78 is 0. The Balaban J connectivity index is 3.36. The Labute approximate surface area is 110 Å². The number of carboxylic acids is 1. The van der Waals surface area contributed by atoms with Crippen molar-refractivity contribution in [2.24, 2.45) is 5.84 Å². The molecule has 0 radical (unpaired) electrons. The van der Waals surface area contributed by atoms with E-state index in [0.717, 1.165) is 0 Å². The maximum atomic E-state index is 11.4. The number of carboxylic acid groups (broad SMARTS) is 1. The van der Waals surface area contributed by atoms with Crippen LogP contribution in [-0.4, -0.2) is 31.9 Å². The molecule has 7 heteroatoms. The smallest absolute Gasteiger partial charge is 0.325 e. The van der Waals surface area contributed by atoms with Crippen molar-refractivity contribution in [2.75, 3.05) is 0 Å². The van der Waals surface area contributed by atoms with Gasteiger partial charge in [-0.05, 0) is 12.5 Å². The van der Waals surface area contributed by atoms with Gasteiger partial charge in [0.05, 0.1) is 0 Å². The van der Waals surface area contributed by atoms with Crippen LogP contribution in [0.4, 0.5) is 0 Å². The maximum absolute atomic E-state index is 11.4. The number of hydrogen-bond acceptors (Lipinski definition) is 6. The zero-order chi connectivity index (χ0) is 14.8. The quantitative estimate of drug-likeness (QED) is 0.262. The van der Waals surface area contributed by atoms with E-state index >= 15 is 0 Å². The second kappa shape index (κ2) is 5.33. The predicted molar refractivity (Wildman–Crippen MR) is 67.8 cm³/mol. The molecule has 1 aromatic rings. The molecule has 0 aliphatic heterocycles. The first-order valence-corrected chi connectivity index (χ1v) is 5.76. The van der Waals surface area contributed by atoms with E-state index in [4.69, 9.17) is 5.84 Å². The summed E-state index contributed by atoms with van der Waals surface area (Å²) >= 11 is 0. The molecule has 0 fully saturated rings. The zero-order valence-electron chi connectivity index (χ0n) is 10.7. The number of nitrogens with one attached hydrogen (secondary N) is 1. The molecular weight excluding hydrogens is 252 g/mol. The Bertz CT molecular complexity index is 485. The van der Waals surface area contributed by atoms with Gasteiger partial charge < -0.3 is 20.4 Å². The topological polar surface area (TPSA) is 136 Å². The zero-order valence-corrected chi connectivity index (χ0v) is 10.7. The van der Waals surface area contributed by atoms with Crippen LogP contribution in [0.25, 0.3) is 0 Å². The fourth-order valence-electron chi connectivity index (χ4n) is 2.13. The van der Waals surface area contributed by atoms with E-state index in [0.29, 0.717) is 0 Å². The van der Waals surface area contributed by atoms with E-state index in [-0.39, 0.29) is 12.0 Å². The number of nitrogens with two attached hydrogens (primary N) is 1. The molecule has 7 nitrogen and oxygen atoms in total. The van der Waals surface area contributed by atoms with Crippen LogP contribution in [0, 0.1) is 0 Å². The van der Waals surface area contributed by atoms with Crippen molar-refractivity contribution in [1.29, 1.82) is 0 Å². The summed E-state index contributed by atoms with van der Waals surface area (Å²) in [5.74, 6) is 1.73. The highest BCUT2D eigenvalue weighted by molar-refractivity contribution is 5.80. The number of aromatic hydroxyl groups is 3. The van der Waals surface area contributed by atoms with Crippen molar-refractivity contribution in [1.82, 2.24) is 5.43 Å². The highest BCUT2D eigenvalue weighted by Crippen LogP contribution is 2.43. The minimum absolute atomic E-state index is 0.168. The molecule has 1 rings (SSSR count). The largest absolute Gasteiger partial charge is 0.504 e. The monoisotopic (exact) mass is 270 g/mol. The lowest BCUT2D eigenvalue weighted by atomic mass is 9.78. The van der Waals surface area contributed by atoms with Crippen molar-refractivity contribution in [3.8, 4) is 17.2 Å².